The maximum atomic E-state index is 15.2. The molecule has 2 aliphatic carbocycles. The number of hydrogen-bond acceptors (Lipinski definition) is 9. The summed E-state index contributed by atoms with van der Waals surface area (Å²) in [5.74, 6) is -1.89. The van der Waals surface area contributed by atoms with Gasteiger partial charge in [0.15, 0.2) is 11.6 Å². The fourth-order valence-corrected chi connectivity index (χ4v) is 8.11. The largest absolute Gasteiger partial charge is 0.472 e. The van der Waals surface area contributed by atoms with Crippen molar-refractivity contribution < 1.29 is 37.8 Å². The van der Waals surface area contributed by atoms with Gasteiger partial charge in [0.25, 0.3) is 5.91 Å². The maximum Gasteiger partial charge on any atom is 0.407 e. The Bertz CT molecular complexity index is 1430. The molecule has 0 radical (unpaired) electrons. The molecule has 4 amide bonds. The van der Waals surface area contributed by atoms with E-state index in [-0.39, 0.29) is 50.4 Å². The number of nitrogens with one attached hydrogen (secondary N) is 2. The summed E-state index contributed by atoms with van der Waals surface area (Å²) in [5, 5.41) is 15.6. The quantitative estimate of drug-likeness (QED) is 0.449. The van der Waals surface area contributed by atoms with Crippen LogP contribution in [-0.2, 0) is 23.9 Å². The molecule has 2 saturated carbocycles. The molecule has 13 nitrogen and oxygen atoms in total. The number of alkyl halides is 1. The number of fused-ring (bicyclic) bond motifs is 6. The van der Waals surface area contributed by atoms with Crippen LogP contribution in [-0.4, -0.2) is 102 Å². The van der Waals surface area contributed by atoms with Crippen molar-refractivity contribution in [2.24, 2.45) is 29.1 Å². The number of alkyl carbamates (subject to hydrolysis) is 1. The SMILES string of the molecule is COCCOC(=O)NC(C(=O)N1CC2C3CC(F)C(C3)C2C1C(=O)N1CC2(CC1C#N)Oc1cccnc1NC2=O)C(C)(C)C. The lowest BCUT2D eigenvalue weighted by Gasteiger charge is -2.38. The van der Waals surface area contributed by atoms with Crippen LogP contribution in [0.4, 0.5) is 15.0 Å². The highest BCUT2D eigenvalue weighted by molar-refractivity contribution is 6.01. The molecule has 0 aromatic carbocycles. The summed E-state index contributed by atoms with van der Waals surface area (Å²) in [6, 6.07) is 2.29. The molecule has 1 spiro atoms. The third kappa shape index (κ3) is 5.24. The summed E-state index contributed by atoms with van der Waals surface area (Å²) < 4.78 is 31.5. The number of rotatable bonds is 6. The lowest BCUT2D eigenvalue weighted by atomic mass is 9.77. The van der Waals surface area contributed by atoms with Crippen molar-refractivity contribution in [2.75, 3.05) is 38.7 Å². The fourth-order valence-electron chi connectivity index (χ4n) is 8.11. The summed E-state index contributed by atoms with van der Waals surface area (Å²) in [6.07, 6.45) is 0.556. The number of halogens is 1. The average Bonchev–Trinajstić information content (AvgIpc) is 3.75. The van der Waals surface area contributed by atoms with Crippen LogP contribution in [0.1, 0.15) is 40.0 Å². The van der Waals surface area contributed by atoms with E-state index in [0.717, 1.165) is 0 Å². The number of ether oxygens (including phenoxy) is 3. The summed E-state index contributed by atoms with van der Waals surface area (Å²) in [4.78, 5) is 61.9. The Hall–Kier alpha value is -3.99. The van der Waals surface area contributed by atoms with Crippen LogP contribution in [0.2, 0.25) is 0 Å². The molecule has 3 aliphatic heterocycles. The average molecular weight is 627 g/mol. The highest BCUT2D eigenvalue weighted by atomic mass is 19.1. The van der Waals surface area contributed by atoms with Gasteiger partial charge in [-0.3, -0.25) is 14.4 Å². The Balaban J connectivity index is 1.31. The number of aromatic nitrogens is 1. The smallest absolute Gasteiger partial charge is 0.407 e. The van der Waals surface area contributed by atoms with Gasteiger partial charge < -0.3 is 34.6 Å². The second kappa shape index (κ2) is 11.4. The Kier molecular flexibility index (Phi) is 7.87. The first-order valence-electron chi connectivity index (χ1n) is 15.4. The fraction of sp³-hybridized carbons (Fsp3) is 0.677. The van der Waals surface area contributed by atoms with E-state index < -0.39 is 71.0 Å². The summed E-state index contributed by atoms with van der Waals surface area (Å²) in [5.41, 5.74) is -2.30. The second-order valence-electron chi connectivity index (χ2n) is 13.9. The Morgan fingerprint density at radius 1 is 1.27 bits per heavy atom. The third-order valence-corrected chi connectivity index (χ3v) is 10.2. The molecule has 2 bridgehead atoms. The first-order chi connectivity index (χ1) is 21.4. The molecule has 9 unspecified atom stereocenters. The van der Waals surface area contributed by atoms with Gasteiger partial charge in [-0.25, -0.2) is 14.2 Å². The molecule has 45 heavy (non-hydrogen) atoms. The molecular formula is C31H39FN6O7. The zero-order valence-corrected chi connectivity index (χ0v) is 25.8. The van der Waals surface area contributed by atoms with Crippen LogP contribution in [0, 0.1) is 40.4 Å². The van der Waals surface area contributed by atoms with Gasteiger partial charge in [-0.15, -0.1) is 0 Å². The molecule has 14 heteroatoms. The minimum atomic E-state index is -1.53. The van der Waals surface area contributed by atoms with Crippen molar-refractivity contribution in [3.05, 3.63) is 18.3 Å². The van der Waals surface area contributed by atoms with Crippen molar-refractivity contribution in [1.29, 1.82) is 5.26 Å². The van der Waals surface area contributed by atoms with Crippen molar-refractivity contribution in [3.63, 3.8) is 0 Å². The monoisotopic (exact) mass is 626 g/mol. The van der Waals surface area contributed by atoms with Gasteiger partial charge in [-0.05, 0) is 54.1 Å². The summed E-state index contributed by atoms with van der Waals surface area (Å²) in [6.45, 7) is 5.56. The zero-order chi connectivity index (χ0) is 32.3. The van der Waals surface area contributed by atoms with Crippen LogP contribution >= 0.6 is 0 Å². The van der Waals surface area contributed by atoms with E-state index in [1.54, 1.807) is 32.9 Å². The minimum Gasteiger partial charge on any atom is -0.472 e. The molecule has 2 saturated heterocycles. The summed E-state index contributed by atoms with van der Waals surface area (Å²) >= 11 is 0. The number of carbonyl (C=O) groups excluding carboxylic acids is 4. The van der Waals surface area contributed by atoms with Crippen molar-refractivity contribution in [2.45, 2.75) is 69.9 Å². The van der Waals surface area contributed by atoms with E-state index in [0.29, 0.717) is 18.6 Å². The van der Waals surface area contributed by atoms with Crippen molar-refractivity contribution in [1.82, 2.24) is 20.1 Å². The van der Waals surface area contributed by atoms with E-state index in [9.17, 15) is 24.4 Å². The number of nitrogens with zero attached hydrogens (tertiary/aromatic N) is 4. The van der Waals surface area contributed by atoms with Crippen LogP contribution in [0.25, 0.3) is 0 Å². The molecule has 9 atom stereocenters. The van der Waals surface area contributed by atoms with Gasteiger partial charge in [-0.1, -0.05) is 20.8 Å². The third-order valence-electron chi connectivity index (χ3n) is 10.2. The van der Waals surface area contributed by atoms with E-state index in [1.807, 2.05) is 0 Å². The van der Waals surface area contributed by atoms with Gasteiger partial charge >= 0.3 is 6.09 Å². The molecule has 1 aromatic rings. The first-order valence-corrected chi connectivity index (χ1v) is 15.4. The van der Waals surface area contributed by atoms with Crippen LogP contribution in [0.5, 0.6) is 5.75 Å². The number of likely N-dealkylation sites (tertiary alicyclic amines) is 2. The highest BCUT2D eigenvalue weighted by Gasteiger charge is 2.65. The molecule has 2 N–H and O–H groups in total. The Morgan fingerprint density at radius 2 is 2.04 bits per heavy atom. The predicted molar refractivity (Wildman–Crippen MR) is 155 cm³/mol. The second-order valence-corrected chi connectivity index (χ2v) is 13.9. The van der Waals surface area contributed by atoms with Crippen LogP contribution in [0.15, 0.2) is 18.3 Å². The predicted octanol–water partition coefficient (Wildman–Crippen LogP) is 1.88. The molecule has 5 aliphatic rings. The molecule has 4 fully saturated rings. The van der Waals surface area contributed by atoms with Gasteiger partial charge in [-0.2, -0.15) is 5.26 Å². The molecule has 4 heterocycles. The lowest BCUT2D eigenvalue weighted by Crippen LogP contribution is -2.60. The molecule has 6 rings (SSSR count). The molecule has 1 aromatic heterocycles. The van der Waals surface area contributed by atoms with Crippen LogP contribution in [0.3, 0.4) is 0 Å². The number of pyridine rings is 1. The van der Waals surface area contributed by atoms with E-state index in [4.69, 9.17) is 14.2 Å². The first kappa shape index (κ1) is 31.0. The van der Waals surface area contributed by atoms with Gasteiger partial charge in [0.05, 0.1) is 19.2 Å². The highest BCUT2D eigenvalue weighted by Crippen LogP contribution is 2.59. The van der Waals surface area contributed by atoms with Gasteiger partial charge in [0.2, 0.25) is 17.4 Å². The Labute approximate surface area is 260 Å². The van der Waals surface area contributed by atoms with E-state index >= 15 is 4.39 Å². The standard InChI is InChI=1S/C31H39FN6O7/c1-30(2,3)24(35-29(42)44-9-8-43-4)27(40)37-14-19-16-10-18(20(32)11-16)22(19)23(37)26(39)38-15-31(12-17(38)13-33)28(41)36-25-21(45-31)6-5-7-34-25/h5-7,16-20,22-24H,8-12,14-15H2,1-4H3,(H,35,42)(H,34,36,41). The number of methoxy groups -OCH3 is 1. The normalized spacial score (nSPS) is 33.6. The van der Waals surface area contributed by atoms with E-state index in [1.165, 1.54) is 23.1 Å². The number of anilines is 1. The van der Waals surface area contributed by atoms with Crippen molar-refractivity contribution in [3.8, 4) is 11.8 Å². The number of nitriles is 1. The number of hydrogen-bond donors (Lipinski definition) is 2. The lowest BCUT2D eigenvalue weighted by molar-refractivity contribution is -0.149. The summed E-state index contributed by atoms with van der Waals surface area (Å²) in [7, 11) is 1.47. The topological polar surface area (TPSA) is 163 Å². The number of amides is 4. The van der Waals surface area contributed by atoms with Crippen molar-refractivity contribution >= 4 is 29.6 Å². The maximum absolute atomic E-state index is 15.2. The van der Waals surface area contributed by atoms with Gasteiger partial charge in [0, 0.05) is 26.3 Å². The van der Waals surface area contributed by atoms with Gasteiger partial charge in [0.1, 0.15) is 30.9 Å². The molecule has 242 valence electrons. The van der Waals surface area contributed by atoms with Crippen LogP contribution < -0.4 is 15.4 Å². The minimum absolute atomic E-state index is 0.00788. The van der Waals surface area contributed by atoms with E-state index in [2.05, 4.69) is 21.7 Å². The zero-order valence-electron chi connectivity index (χ0n) is 25.8. The Morgan fingerprint density at radius 3 is 2.76 bits per heavy atom. The molecular weight excluding hydrogens is 587 g/mol. The number of carbonyl (C=O) groups is 4.